The fourth-order valence-electron chi connectivity index (χ4n) is 2.37. The maximum absolute atomic E-state index is 11.8. The van der Waals surface area contributed by atoms with Crippen LogP contribution in [0.15, 0.2) is 0 Å². The van der Waals surface area contributed by atoms with Crippen LogP contribution in [0.1, 0.15) is 32.6 Å². The van der Waals surface area contributed by atoms with Gasteiger partial charge in [0, 0.05) is 13.5 Å². The highest BCUT2D eigenvalue weighted by Gasteiger charge is 2.52. The van der Waals surface area contributed by atoms with Gasteiger partial charge in [0.15, 0.2) is 0 Å². The van der Waals surface area contributed by atoms with Crippen molar-refractivity contribution in [2.75, 3.05) is 7.05 Å². The Balaban J connectivity index is 2.23. The van der Waals surface area contributed by atoms with Gasteiger partial charge in [0.25, 0.3) is 0 Å². The number of carbonyl (C=O) groups excluding carboxylic acids is 2. The molecule has 0 N–H and O–H groups in total. The minimum Gasteiger partial charge on any atom is -0.285 e. The third-order valence-electron chi connectivity index (χ3n) is 3.69. The van der Waals surface area contributed by atoms with Crippen LogP contribution in [0.5, 0.6) is 0 Å². The van der Waals surface area contributed by atoms with Crippen LogP contribution in [0.25, 0.3) is 0 Å². The van der Waals surface area contributed by atoms with Crippen molar-refractivity contribution in [1.82, 2.24) is 4.90 Å². The summed E-state index contributed by atoms with van der Waals surface area (Å²) in [5.74, 6) is 0.468. The minimum absolute atomic E-state index is 0.0144. The molecule has 0 aromatic heterocycles. The van der Waals surface area contributed by atoms with Crippen molar-refractivity contribution >= 4 is 11.8 Å². The van der Waals surface area contributed by atoms with E-state index in [1.807, 2.05) is 6.92 Å². The molecule has 0 bridgehead atoms. The van der Waals surface area contributed by atoms with Crippen LogP contribution in [0.2, 0.25) is 0 Å². The molecule has 2 rings (SSSR count). The van der Waals surface area contributed by atoms with E-state index in [1.165, 1.54) is 11.3 Å². The Morgan fingerprint density at radius 3 is 2.31 bits per heavy atom. The van der Waals surface area contributed by atoms with Gasteiger partial charge in [0.05, 0.1) is 5.41 Å². The molecule has 1 saturated heterocycles. The SMILES string of the molecule is CN1C(=O)CC(C)(C2CCC2)C1=O. The van der Waals surface area contributed by atoms with E-state index in [9.17, 15) is 9.59 Å². The van der Waals surface area contributed by atoms with Crippen LogP contribution < -0.4 is 0 Å². The number of nitrogens with zero attached hydrogens (tertiary/aromatic N) is 1. The van der Waals surface area contributed by atoms with Gasteiger partial charge in [-0.15, -0.1) is 0 Å². The van der Waals surface area contributed by atoms with Gasteiger partial charge >= 0.3 is 0 Å². The summed E-state index contributed by atoms with van der Waals surface area (Å²) in [6.07, 6.45) is 3.87. The van der Waals surface area contributed by atoms with E-state index < -0.39 is 0 Å². The van der Waals surface area contributed by atoms with Gasteiger partial charge < -0.3 is 0 Å². The first-order valence-corrected chi connectivity index (χ1v) is 4.86. The second-order valence-corrected chi connectivity index (χ2v) is 4.48. The molecular formula is C10H15NO2. The number of amides is 2. The number of carbonyl (C=O) groups is 2. The van der Waals surface area contributed by atoms with Crippen LogP contribution >= 0.6 is 0 Å². The van der Waals surface area contributed by atoms with Crippen LogP contribution in [-0.4, -0.2) is 23.8 Å². The van der Waals surface area contributed by atoms with Gasteiger partial charge in [0.1, 0.15) is 0 Å². The van der Waals surface area contributed by atoms with Crippen molar-refractivity contribution in [3.8, 4) is 0 Å². The van der Waals surface area contributed by atoms with Crippen LogP contribution in [0, 0.1) is 11.3 Å². The van der Waals surface area contributed by atoms with E-state index in [-0.39, 0.29) is 17.2 Å². The summed E-state index contributed by atoms with van der Waals surface area (Å²) < 4.78 is 0. The average molecular weight is 181 g/mol. The first kappa shape index (κ1) is 8.73. The molecule has 1 unspecified atom stereocenters. The van der Waals surface area contributed by atoms with Gasteiger partial charge in [-0.3, -0.25) is 14.5 Å². The Kier molecular flexibility index (Phi) is 1.72. The summed E-state index contributed by atoms with van der Waals surface area (Å²) in [6.45, 7) is 1.94. The fraction of sp³-hybridized carbons (Fsp3) is 0.800. The molecule has 2 fully saturated rings. The molecule has 0 aromatic carbocycles. The Bertz CT molecular complexity index is 270. The van der Waals surface area contributed by atoms with Crippen molar-refractivity contribution in [1.29, 1.82) is 0 Å². The Labute approximate surface area is 78.1 Å². The third-order valence-corrected chi connectivity index (χ3v) is 3.69. The monoisotopic (exact) mass is 181 g/mol. The Morgan fingerprint density at radius 2 is 2.00 bits per heavy atom. The molecular weight excluding hydrogens is 166 g/mol. The molecule has 1 saturated carbocycles. The van der Waals surface area contributed by atoms with Crippen molar-refractivity contribution in [3.05, 3.63) is 0 Å². The molecule has 1 aliphatic heterocycles. The largest absolute Gasteiger partial charge is 0.285 e. The third kappa shape index (κ3) is 1.02. The predicted molar refractivity (Wildman–Crippen MR) is 47.8 cm³/mol. The lowest BCUT2D eigenvalue weighted by Crippen LogP contribution is -2.39. The Morgan fingerprint density at radius 1 is 1.38 bits per heavy atom. The molecule has 3 heteroatoms. The van der Waals surface area contributed by atoms with Crippen LogP contribution in [0.4, 0.5) is 0 Å². The highest BCUT2D eigenvalue weighted by molar-refractivity contribution is 6.05. The van der Waals surface area contributed by atoms with E-state index >= 15 is 0 Å². The summed E-state index contributed by atoms with van der Waals surface area (Å²) in [5, 5.41) is 0. The number of imide groups is 1. The number of likely N-dealkylation sites (tertiary alicyclic amines) is 1. The first-order chi connectivity index (χ1) is 6.05. The zero-order valence-corrected chi connectivity index (χ0v) is 8.17. The normalized spacial score (nSPS) is 35.4. The summed E-state index contributed by atoms with van der Waals surface area (Å²) in [4.78, 5) is 24.4. The Hall–Kier alpha value is -0.860. The zero-order valence-electron chi connectivity index (χ0n) is 8.17. The van der Waals surface area contributed by atoms with E-state index in [0.29, 0.717) is 12.3 Å². The lowest BCUT2D eigenvalue weighted by atomic mass is 9.65. The van der Waals surface area contributed by atoms with Crippen molar-refractivity contribution in [3.63, 3.8) is 0 Å². The second kappa shape index (κ2) is 2.56. The molecule has 2 amide bonds. The molecule has 13 heavy (non-hydrogen) atoms. The molecule has 3 nitrogen and oxygen atoms in total. The zero-order chi connectivity index (χ0) is 9.64. The molecule has 72 valence electrons. The van der Waals surface area contributed by atoms with Crippen molar-refractivity contribution < 1.29 is 9.59 Å². The molecule has 0 spiro atoms. The number of hydrogen-bond donors (Lipinski definition) is 0. The van der Waals surface area contributed by atoms with Gasteiger partial charge in [-0.05, 0) is 25.7 Å². The molecule has 1 heterocycles. The predicted octanol–water partition coefficient (Wildman–Crippen LogP) is 1.18. The molecule has 1 aliphatic carbocycles. The number of hydrogen-bond acceptors (Lipinski definition) is 2. The fourth-order valence-corrected chi connectivity index (χ4v) is 2.37. The van der Waals surface area contributed by atoms with E-state index in [0.717, 1.165) is 12.8 Å². The molecule has 1 atom stereocenters. The minimum atomic E-state index is -0.371. The summed E-state index contributed by atoms with van der Waals surface area (Å²) in [6, 6.07) is 0. The smallest absolute Gasteiger partial charge is 0.235 e. The van der Waals surface area contributed by atoms with Gasteiger partial charge in [-0.1, -0.05) is 6.42 Å². The maximum atomic E-state index is 11.8. The standard InChI is InChI=1S/C10H15NO2/c1-10(7-4-3-5-7)6-8(12)11(2)9(10)13/h7H,3-6H2,1-2H3. The summed E-state index contributed by atoms with van der Waals surface area (Å²) in [5.41, 5.74) is -0.371. The molecule has 0 aromatic rings. The molecule has 0 radical (unpaired) electrons. The van der Waals surface area contributed by atoms with E-state index in [1.54, 1.807) is 7.05 Å². The average Bonchev–Trinajstić information content (AvgIpc) is 2.12. The topological polar surface area (TPSA) is 37.4 Å². The van der Waals surface area contributed by atoms with Gasteiger partial charge in [0.2, 0.25) is 11.8 Å². The van der Waals surface area contributed by atoms with E-state index in [2.05, 4.69) is 0 Å². The second-order valence-electron chi connectivity index (χ2n) is 4.48. The van der Waals surface area contributed by atoms with E-state index in [4.69, 9.17) is 0 Å². The highest BCUT2D eigenvalue weighted by Crippen LogP contribution is 2.48. The molecule has 2 aliphatic rings. The lowest BCUT2D eigenvalue weighted by Gasteiger charge is -2.37. The summed E-state index contributed by atoms with van der Waals surface area (Å²) >= 11 is 0. The van der Waals surface area contributed by atoms with Gasteiger partial charge in [-0.2, -0.15) is 0 Å². The van der Waals surface area contributed by atoms with Gasteiger partial charge in [-0.25, -0.2) is 0 Å². The van der Waals surface area contributed by atoms with Crippen LogP contribution in [-0.2, 0) is 9.59 Å². The maximum Gasteiger partial charge on any atom is 0.235 e. The van der Waals surface area contributed by atoms with Crippen molar-refractivity contribution in [2.45, 2.75) is 32.6 Å². The van der Waals surface area contributed by atoms with Crippen LogP contribution in [0.3, 0.4) is 0 Å². The summed E-state index contributed by atoms with van der Waals surface area (Å²) in [7, 11) is 1.59. The lowest BCUT2D eigenvalue weighted by molar-refractivity contribution is -0.141. The first-order valence-electron chi connectivity index (χ1n) is 4.86. The number of rotatable bonds is 1. The quantitative estimate of drug-likeness (QED) is 0.570. The van der Waals surface area contributed by atoms with Crippen molar-refractivity contribution in [2.24, 2.45) is 11.3 Å². The highest BCUT2D eigenvalue weighted by atomic mass is 16.2.